The van der Waals surface area contributed by atoms with Gasteiger partial charge in [0, 0.05) is 18.3 Å². The maximum absolute atomic E-state index is 5.79. The van der Waals surface area contributed by atoms with Crippen molar-refractivity contribution >= 4 is 21.7 Å². The molecule has 0 bridgehead atoms. The minimum absolute atomic E-state index is 0.680. The summed E-state index contributed by atoms with van der Waals surface area (Å²) in [5.41, 5.74) is 2.40. The van der Waals surface area contributed by atoms with Gasteiger partial charge in [0.1, 0.15) is 18.2 Å². The number of hydrogen-bond donors (Lipinski definition) is 0. The summed E-state index contributed by atoms with van der Waals surface area (Å²) in [6, 6.07) is 10.2. The maximum atomic E-state index is 5.79. The number of halogens is 1. The van der Waals surface area contributed by atoms with Gasteiger partial charge >= 0.3 is 0 Å². The Labute approximate surface area is 121 Å². The molecule has 3 rings (SSSR count). The van der Waals surface area contributed by atoms with Crippen molar-refractivity contribution in [2.24, 2.45) is 0 Å². The van der Waals surface area contributed by atoms with Crippen LogP contribution in [0.15, 0.2) is 41.0 Å². The number of aryl methyl sites for hydroxylation is 1. The van der Waals surface area contributed by atoms with Gasteiger partial charge in [0.05, 0.1) is 11.0 Å². The first-order valence-electron chi connectivity index (χ1n) is 6.32. The highest BCUT2D eigenvalue weighted by atomic mass is 79.9. The molecule has 1 aromatic carbocycles. The molecule has 19 heavy (non-hydrogen) atoms. The van der Waals surface area contributed by atoms with Gasteiger partial charge in [-0.1, -0.05) is 18.2 Å². The van der Waals surface area contributed by atoms with E-state index >= 15 is 0 Å². The average Bonchev–Trinajstić information content (AvgIpc) is 2.64. The number of rotatable bonds is 1. The second kappa shape index (κ2) is 5.21. The molecule has 1 aliphatic rings. The van der Waals surface area contributed by atoms with Gasteiger partial charge < -0.3 is 9.64 Å². The Kier molecular flexibility index (Phi) is 3.42. The largest absolute Gasteiger partial charge is 0.491 e. The monoisotopic (exact) mass is 318 g/mol. The van der Waals surface area contributed by atoms with Crippen LogP contribution in [0.3, 0.4) is 0 Å². The molecule has 2 heterocycles. The van der Waals surface area contributed by atoms with Crippen molar-refractivity contribution in [1.29, 1.82) is 0 Å². The Morgan fingerprint density at radius 1 is 1.26 bits per heavy atom. The van der Waals surface area contributed by atoms with Crippen LogP contribution in [-0.2, 0) is 6.54 Å². The van der Waals surface area contributed by atoms with E-state index in [0.717, 1.165) is 29.1 Å². The molecule has 0 spiro atoms. The molecule has 0 aliphatic carbocycles. The molecule has 0 unspecified atom stereocenters. The number of fused-ring (bicyclic) bond motifs is 1. The smallest absolute Gasteiger partial charge is 0.143 e. The van der Waals surface area contributed by atoms with Crippen molar-refractivity contribution in [1.82, 2.24) is 4.98 Å². The van der Waals surface area contributed by atoms with Crippen LogP contribution < -0.4 is 9.64 Å². The number of para-hydroxylation sites is 1. The molecule has 0 saturated carbocycles. The minimum Gasteiger partial charge on any atom is -0.491 e. The maximum Gasteiger partial charge on any atom is 0.143 e. The molecule has 0 saturated heterocycles. The zero-order valence-electron chi connectivity index (χ0n) is 10.8. The third-order valence-electron chi connectivity index (χ3n) is 3.32. The van der Waals surface area contributed by atoms with Gasteiger partial charge in [0.25, 0.3) is 0 Å². The zero-order chi connectivity index (χ0) is 13.2. The number of anilines is 1. The molecule has 0 atom stereocenters. The second-order valence-corrected chi connectivity index (χ2v) is 5.44. The molecule has 1 aromatic heterocycles. The highest BCUT2D eigenvalue weighted by molar-refractivity contribution is 9.10. The fourth-order valence-electron chi connectivity index (χ4n) is 2.25. The second-order valence-electron chi connectivity index (χ2n) is 4.64. The number of hydrogen-bond acceptors (Lipinski definition) is 3. The summed E-state index contributed by atoms with van der Waals surface area (Å²) in [5, 5.41) is 0. The zero-order valence-corrected chi connectivity index (χ0v) is 12.4. The summed E-state index contributed by atoms with van der Waals surface area (Å²) in [6.07, 6.45) is 1.85. The summed E-state index contributed by atoms with van der Waals surface area (Å²) in [6.45, 7) is 4.42. The quantitative estimate of drug-likeness (QED) is 0.804. The lowest BCUT2D eigenvalue weighted by Crippen LogP contribution is -2.26. The van der Waals surface area contributed by atoms with E-state index in [1.807, 2.05) is 30.5 Å². The van der Waals surface area contributed by atoms with E-state index in [9.17, 15) is 0 Å². The van der Waals surface area contributed by atoms with E-state index in [-0.39, 0.29) is 0 Å². The van der Waals surface area contributed by atoms with Crippen molar-refractivity contribution in [2.45, 2.75) is 13.5 Å². The summed E-state index contributed by atoms with van der Waals surface area (Å²) < 4.78 is 6.85. The molecule has 0 radical (unpaired) electrons. The summed E-state index contributed by atoms with van der Waals surface area (Å²) >= 11 is 3.64. The first-order chi connectivity index (χ1) is 9.25. The van der Waals surface area contributed by atoms with Gasteiger partial charge in [0.15, 0.2) is 0 Å². The van der Waals surface area contributed by atoms with E-state index in [1.165, 1.54) is 11.1 Å². The van der Waals surface area contributed by atoms with Crippen LogP contribution in [0.4, 0.5) is 5.82 Å². The van der Waals surface area contributed by atoms with Gasteiger partial charge in [-0.2, -0.15) is 0 Å². The molecule has 0 amide bonds. The number of benzene rings is 1. The van der Waals surface area contributed by atoms with Crippen LogP contribution in [0.1, 0.15) is 11.1 Å². The molecule has 4 heteroatoms. The van der Waals surface area contributed by atoms with Crippen molar-refractivity contribution < 1.29 is 4.74 Å². The molecule has 3 nitrogen and oxygen atoms in total. The van der Waals surface area contributed by atoms with Gasteiger partial charge in [-0.05, 0) is 40.5 Å². The molecule has 0 N–H and O–H groups in total. The third-order valence-corrected chi connectivity index (χ3v) is 4.30. The lowest BCUT2D eigenvalue weighted by atomic mass is 10.2. The minimum atomic E-state index is 0.680. The number of ether oxygens (including phenoxy) is 1. The fourth-order valence-corrected chi connectivity index (χ4v) is 2.74. The van der Waals surface area contributed by atoms with E-state index in [0.29, 0.717) is 6.61 Å². The Morgan fingerprint density at radius 3 is 3.00 bits per heavy atom. The van der Waals surface area contributed by atoms with E-state index in [2.05, 4.69) is 38.8 Å². The fraction of sp³-hybridized carbons (Fsp3) is 0.267. The molecular weight excluding hydrogens is 304 g/mol. The van der Waals surface area contributed by atoms with Crippen LogP contribution in [-0.4, -0.2) is 18.1 Å². The number of nitrogens with zero attached hydrogens (tertiary/aromatic N) is 2. The molecule has 98 valence electrons. The van der Waals surface area contributed by atoms with Crippen LogP contribution in [0.25, 0.3) is 0 Å². The molecular formula is C15H15BrN2O. The third kappa shape index (κ3) is 2.45. The normalized spacial score (nSPS) is 14.5. The first-order valence-corrected chi connectivity index (χ1v) is 7.12. The Bertz CT molecular complexity index is 600. The molecule has 2 aromatic rings. The standard InChI is InChI=1S/C15H15BrN2O/c1-11-6-7-17-15(14(11)16)18-8-9-19-13-5-3-2-4-12(13)10-18/h2-7H,8-10H2,1H3. The Morgan fingerprint density at radius 2 is 2.11 bits per heavy atom. The van der Waals surface area contributed by atoms with Crippen LogP contribution in [0.2, 0.25) is 0 Å². The number of pyridine rings is 1. The van der Waals surface area contributed by atoms with Crippen LogP contribution in [0, 0.1) is 6.92 Å². The van der Waals surface area contributed by atoms with Crippen LogP contribution in [0.5, 0.6) is 5.75 Å². The van der Waals surface area contributed by atoms with E-state index in [1.54, 1.807) is 0 Å². The lowest BCUT2D eigenvalue weighted by Gasteiger charge is -2.22. The van der Waals surface area contributed by atoms with Gasteiger partial charge in [0.2, 0.25) is 0 Å². The van der Waals surface area contributed by atoms with Gasteiger partial charge in [-0.15, -0.1) is 0 Å². The molecule has 1 aliphatic heterocycles. The van der Waals surface area contributed by atoms with E-state index < -0.39 is 0 Å². The van der Waals surface area contributed by atoms with Crippen molar-refractivity contribution in [3.8, 4) is 5.75 Å². The average molecular weight is 319 g/mol. The highest BCUT2D eigenvalue weighted by Gasteiger charge is 2.18. The SMILES string of the molecule is Cc1ccnc(N2CCOc3ccccc3C2)c1Br. The van der Waals surface area contributed by atoms with Crippen molar-refractivity contribution in [2.75, 3.05) is 18.1 Å². The topological polar surface area (TPSA) is 25.4 Å². The summed E-state index contributed by atoms with van der Waals surface area (Å²) in [5.74, 6) is 1.97. The van der Waals surface area contributed by atoms with Gasteiger partial charge in [-0.25, -0.2) is 4.98 Å². The van der Waals surface area contributed by atoms with E-state index in [4.69, 9.17) is 4.74 Å². The van der Waals surface area contributed by atoms with Gasteiger partial charge in [-0.3, -0.25) is 0 Å². The van der Waals surface area contributed by atoms with Crippen molar-refractivity contribution in [3.63, 3.8) is 0 Å². The lowest BCUT2D eigenvalue weighted by molar-refractivity contribution is 0.331. The predicted octanol–water partition coefficient (Wildman–Crippen LogP) is 3.55. The molecule has 0 fully saturated rings. The Balaban J connectivity index is 1.96. The van der Waals surface area contributed by atoms with Crippen LogP contribution >= 0.6 is 15.9 Å². The first kappa shape index (κ1) is 12.5. The summed E-state index contributed by atoms with van der Waals surface area (Å²) in [4.78, 5) is 6.75. The predicted molar refractivity (Wildman–Crippen MR) is 79.7 cm³/mol. The highest BCUT2D eigenvalue weighted by Crippen LogP contribution is 2.30. The van der Waals surface area contributed by atoms with Crippen molar-refractivity contribution in [3.05, 3.63) is 52.1 Å². The summed E-state index contributed by atoms with van der Waals surface area (Å²) in [7, 11) is 0. The Hall–Kier alpha value is -1.55. The number of aromatic nitrogens is 1.